The molecule has 4 heterocycles. The van der Waals surface area contributed by atoms with Gasteiger partial charge in [0.15, 0.2) is 0 Å². The molecule has 2 aromatic carbocycles. The monoisotopic (exact) mass is 628 g/mol. The normalized spacial score (nSPS) is 21.4. The molecule has 4 aliphatic rings. The van der Waals surface area contributed by atoms with Gasteiger partial charge in [0.25, 0.3) is 0 Å². The van der Waals surface area contributed by atoms with Crippen LogP contribution in [0.4, 0.5) is 15.3 Å². The lowest BCUT2D eigenvalue weighted by Gasteiger charge is -2.41. The third-order valence-corrected chi connectivity index (χ3v) is 11.2. The van der Waals surface area contributed by atoms with Crippen LogP contribution in [0.5, 0.6) is 0 Å². The summed E-state index contributed by atoms with van der Waals surface area (Å²) in [6.07, 6.45) is 7.34. The Morgan fingerprint density at radius 1 is 0.826 bits per heavy atom. The quantitative estimate of drug-likeness (QED) is 0.468. The van der Waals surface area contributed by atoms with E-state index in [4.69, 9.17) is 0 Å². The number of carbonyl (C=O) groups excluding carboxylic acids is 3. The first-order chi connectivity index (χ1) is 22.2. The van der Waals surface area contributed by atoms with Crippen molar-refractivity contribution in [1.82, 2.24) is 24.9 Å². The molecule has 0 spiro atoms. The molecule has 46 heavy (non-hydrogen) atoms. The topological polar surface area (TPSA) is 88.2 Å². The number of anilines is 1. The van der Waals surface area contributed by atoms with Gasteiger partial charge >= 0.3 is 12.1 Å². The lowest BCUT2D eigenvalue weighted by atomic mass is 9.79. The maximum Gasteiger partial charge on any atom is 0.322 e. The number of likely N-dealkylation sites (tertiary alicyclic amines) is 3. The predicted molar refractivity (Wildman–Crippen MR) is 182 cm³/mol. The SMILES string of the molecule is Cc1ccc(CC(NC(=O)N2CCC(N3CCc4ccccc4NC3=O)CC2)C(=O)N2CCC(C3CCN(C)CC3)CC2)cc1C. The fourth-order valence-electron chi connectivity index (χ4n) is 8.04. The molecule has 0 aromatic heterocycles. The number of rotatable bonds is 6. The summed E-state index contributed by atoms with van der Waals surface area (Å²) < 4.78 is 0. The van der Waals surface area contributed by atoms with Crippen molar-refractivity contribution in [2.24, 2.45) is 11.8 Å². The van der Waals surface area contributed by atoms with E-state index in [2.05, 4.69) is 60.7 Å². The van der Waals surface area contributed by atoms with E-state index in [0.717, 1.165) is 67.9 Å². The number of hydrogen-bond donors (Lipinski definition) is 2. The first-order valence-electron chi connectivity index (χ1n) is 17.5. The number of nitrogens with zero attached hydrogens (tertiary/aromatic N) is 4. The Bertz CT molecular complexity index is 1390. The third kappa shape index (κ3) is 7.51. The van der Waals surface area contributed by atoms with Crippen molar-refractivity contribution in [2.45, 2.75) is 77.3 Å². The van der Waals surface area contributed by atoms with Crippen LogP contribution in [0, 0.1) is 25.7 Å². The van der Waals surface area contributed by atoms with E-state index >= 15 is 0 Å². The molecule has 5 amide bonds. The maximum absolute atomic E-state index is 14.1. The fourth-order valence-corrected chi connectivity index (χ4v) is 8.04. The second-order valence-electron chi connectivity index (χ2n) is 14.2. The van der Waals surface area contributed by atoms with E-state index in [1.165, 1.54) is 37.1 Å². The van der Waals surface area contributed by atoms with Crippen molar-refractivity contribution in [3.8, 4) is 0 Å². The van der Waals surface area contributed by atoms with Crippen LogP contribution in [-0.4, -0.2) is 103 Å². The van der Waals surface area contributed by atoms with Gasteiger partial charge < -0.3 is 30.2 Å². The molecule has 3 saturated heterocycles. The number of para-hydroxylation sites is 1. The van der Waals surface area contributed by atoms with E-state index in [9.17, 15) is 14.4 Å². The highest BCUT2D eigenvalue weighted by Crippen LogP contribution is 2.32. The average molecular weight is 629 g/mol. The molecule has 0 aliphatic carbocycles. The molecule has 0 bridgehead atoms. The number of nitrogens with one attached hydrogen (secondary N) is 2. The summed E-state index contributed by atoms with van der Waals surface area (Å²) in [5, 5.41) is 6.25. The number of benzene rings is 2. The average Bonchev–Trinajstić information content (AvgIpc) is 3.24. The molecular formula is C37H52N6O3. The van der Waals surface area contributed by atoms with Crippen LogP contribution in [0.1, 0.15) is 60.8 Å². The Hall–Kier alpha value is -3.59. The maximum atomic E-state index is 14.1. The van der Waals surface area contributed by atoms with Crippen molar-refractivity contribution in [1.29, 1.82) is 0 Å². The molecule has 1 unspecified atom stereocenters. The Morgan fingerprint density at radius 3 is 2.17 bits per heavy atom. The number of fused-ring (bicyclic) bond motifs is 1. The number of carbonyl (C=O) groups is 3. The number of urea groups is 2. The third-order valence-electron chi connectivity index (χ3n) is 11.2. The summed E-state index contributed by atoms with van der Waals surface area (Å²) in [5.41, 5.74) is 5.51. The zero-order valence-corrected chi connectivity index (χ0v) is 28.0. The van der Waals surface area contributed by atoms with Crippen LogP contribution >= 0.6 is 0 Å². The highest BCUT2D eigenvalue weighted by molar-refractivity contribution is 5.91. The molecule has 0 saturated carbocycles. The summed E-state index contributed by atoms with van der Waals surface area (Å²) >= 11 is 0. The number of aryl methyl sites for hydroxylation is 2. The summed E-state index contributed by atoms with van der Waals surface area (Å²) in [6.45, 7) is 9.84. The number of hydrogen-bond acceptors (Lipinski definition) is 4. The van der Waals surface area contributed by atoms with Gasteiger partial charge in [-0.05, 0) is 119 Å². The smallest absolute Gasteiger partial charge is 0.322 e. The first-order valence-corrected chi connectivity index (χ1v) is 17.5. The summed E-state index contributed by atoms with van der Waals surface area (Å²) in [7, 11) is 2.21. The molecule has 0 radical (unpaired) electrons. The van der Waals surface area contributed by atoms with E-state index in [0.29, 0.717) is 32.0 Å². The fraction of sp³-hybridized carbons (Fsp3) is 0.595. The van der Waals surface area contributed by atoms with E-state index in [1.807, 2.05) is 32.9 Å². The minimum Gasteiger partial charge on any atom is -0.341 e. The minimum atomic E-state index is -0.609. The Balaban J connectivity index is 1.07. The van der Waals surface area contributed by atoms with Crippen molar-refractivity contribution >= 4 is 23.7 Å². The highest BCUT2D eigenvalue weighted by atomic mass is 16.2. The predicted octanol–water partition coefficient (Wildman–Crippen LogP) is 5.06. The van der Waals surface area contributed by atoms with Gasteiger partial charge in [-0.2, -0.15) is 0 Å². The van der Waals surface area contributed by atoms with Crippen LogP contribution in [-0.2, 0) is 17.6 Å². The van der Waals surface area contributed by atoms with Crippen molar-refractivity contribution in [3.63, 3.8) is 0 Å². The highest BCUT2D eigenvalue weighted by Gasteiger charge is 2.35. The van der Waals surface area contributed by atoms with Gasteiger partial charge in [0.1, 0.15) is 6.04 Å². The Kier molecular flexibility index (Phi) is 10.2. The second-order valence-corrected chi connectivity index (χ2v) is 14.2. The molecule has 1 atom stereocenters. The van der Waals surface area contributed by atoms with Gasteiger partial charge in [0, 0.05) is 50.9 Å². The summed E-state index contributed by atoms with van der Waals surface area (Å²) in [4.78, 5) is 49.0. The molecule has 248 valence electrons. The Labute approximate surface area is 274 Å². The van der Waals surface area contributed by atoms with Crippen LogP contribution in [0.2, 0.25) is 0 Å². The lowest BCUT2D eigenvalue weighted by molar-refractivity contribution is -0.135. The number of piperidine rings is 3. The van der Waals surface area contributed by atoms with Crippen molar-refractivity contribution in [3.05, 3.63) is 64.7 Å². The molecule has 2 N–H and O–H groups in total. The van der Waals surface area contributed by atoms with E-state index in [1.54, 1.807) is 0 Å². The molecule has 2 aromatic rings. The van der Waals surface area contributed by atoms with Crippen molar-refractivity contribution < 1.29 is 14.4 Å². The first kappa shape index (κ1) is 32.4. The van der Waals surface area contributed by atoms with Gasteiger partial charge in [-0.15, -0.1) is 0 Å². The van der Waals surface area contributed by atoms with Gasteiger partial charge in [0.2, 0.25) is 5.91 Å². The summed E-state index contributed by atoms with van der Waals surface area (Å²) in [5.74, 6) is 1.48. The molecule has 3 fully saturated rings. The standard InChI is InChI=1S/C37H52N6O3/c1-26-8-9-28(24-27(26)2)25-34(35(44)41-19-12-30(13-20-41)29-10-17-40(3)18-11-29)39-36(45)42-21-15-32(16-22-42)43-23-14-31-6-4-5-7-33(31)38-37(43)46/h4-9,24,29-30,32,34H,10-23,25H2,1-3H3,(H,38,46)(H,39,45). The minimum absolute atomic E-state index is 0.0316. The molecular weight excluding hydrogens is 576 g/mol. The van der Waals surface area contributed by atoms with Crippen molar-refractivity contribution in [2.75, 3.05) is 58.2 Å². The zero-order chi connectivity index (χ0) is 32.2. The van der Waals surface area contributed by atoms with Crippen LogP contribution < -0.4 is 10.6 Å². The molecule has 9 nitrogen and oxygen atoms in total. The number of amides is 5. The van der Waals surface area contributed by atoms with E-state index in [-0.39, 0.29) is 24.0 Å². The van der Waals surface area contributed by atoms with Crippen LogP contribution in [0.25, 0.3) is 0 Å². The van der Waals surface area contributed by atoms with Crippen LogP contribution in [0.3, 0.4) is 0 Å². The molecule has 9 heteroatoms. The van der Waals surface area contributed by atoms with Gasteiger partial charge in [0.05, 0.1) is 0 Å². The van der Waals surface area contributed by atoms with Crippen LogP contribution in [0.15, 0.2) is 42.5 Å². The lowest BCUT2D eigenvalue weighted by Crippen LogP contribution is -2.57. The second kappa shape index (κ2) is 14.4. The summed E-state index contributed by atoms with van der Waals surface area (Å²) in [6, 6.07) is 13.5. The van der Waals surface area contributed by atoms with Gasteiger partial charge in [-0.1, -0.05) is 36.4 Å². The zero-order valence-electron chi connectivity index (χ0n) is 28.0. The van der Waals surface area contributed by atoms with Gasteiger partial charge in [-0.3, -0.25) is 4.79 Å². The largest absolute Gasteiger partial charge is 0.341 e. The molecule has 4 aliphatic heterocycles. The van der Waals surface area contributed by atoms with Gasteiger partial charge in [-0.25, -0.2) is 9.59 Å². The van der Waals surface area contributed by atoms with E-state index < -0.39 is 6.04 Å². The Morgan fingerprint density at radius 2 is 1.48 bits per heavy atom. The molecule has 6 rings (SSSR count).